The molecule has 0 saturated heterocycles. The Bertz CT molecular complexity index is 1170. The Morgan fingerprint density at radius 2 is 1.77 bits per heavy atom. The lowest BCUT2D eigenvalue weighted by Crippen LogP contribution is -2.11. The van der Waals surface area contributed by atoms with Crippen LogP contribution in [0.5, 0.6) is 0 Å². The molecule has 3 aromatic heterocycles. The molecule has 1 unspecified atom stereocenters. The number of benzene rings is 1. The number of nitrogen functional groups attached to an aromatic ring is 1. The van der Waals surface area contributed by atoms with E-state index in [1.54, 1.807) is 24.4 Å². The SMILES string of the molecule is CC(c1ccc(F)cc1)c1c(Nc2cnccn2)nc(N)nc1-c1ccnc(F)c1. The van der Waals surface area contributed by atoms with E-state index >= 15 is 0 Å². The summed E-state index contributed by atoms with van der Waals surface area (Å²) in [4.78, 5) is 20.6. The lowest BCUT2D eigenvalue weighted by atomic mass is 9.90. The van der Waals surface area contributed by atoms with Gasteiger partial charge in [0, 0.05) is 41.7 Å². The molecular formula is C21H17F2N7. The van der Waals surface area contributed by atoms with Gasteiger partial charge in [0.1, 0.15) is 17.5 Å². The molecule has 3 heterocycles. The minimum Gasteiger partial charge on any atom is -0.368 e. The summed E-state index contributed by atoms with van der Waals surface area (Å²) in [7, 11) is 0. The van der Waals surface area contributed by atoms with Gasteiger partial charge in [-0.1, -0.05) is 19.1 Å². The van der Waals surface area contributed by atoms with Crippen LogP contribution >= 0.6 is 0 Å². The second-order valence-electron chi connectivity index (χ2n) is 6.55. The highest BCUT2D eigenvalue weighted by atomic mass is 19.1. The maximum atomic E-state index is 13.8. The van der Waals surface area contributed by atoms with Crippen molar-refractivity contribution in [2.75, 3.05) is 11.1 Å². The van der Waals surface area contributed by atoms with Gasteiger partial charge in [0.05, 0.1) is 11.9 Å². The number of rotatable bonds is 5. The zero-order valence-electron chi connectivity index (χ0n) is 15.9. The molecule has 0 aliphatic rings. The second kappa shape index (κ2) is 8.16. The molecule has 9 heteroatoms. The molecule has 3 N–H and O–H groups in total. The van der Waals surface area contributed by atoms with E-state index in [0.29, 0.717) is 28.5 Å². The van der Waals surface area contributed by atoms with E-state index in [2.05, 4.69) is 30.2 Å². The van der Waals surface area contributed by atoms with Crippen molar-refractivity contribution in [3.63, 3.8) is 0 Å². The van der Waals surface area contributed by atoms with Crippen LogP contribution in [0.25, 0.3) is 11.3 Å². The van der Waals surface area contributed by atoms with Crippen LogP contribution in [-0.2, 0) is 0 Å². The number of pyridine rings is 1. The summed E-state index contributed by atoms with van der Waals surface area (Å²) < 4.78 is 27.3. The van der Waals surface area contributed by atoms with Gasteiger partial charge < -0.3 is 11.1 Å². The van der Waals surface area contributed by atoms with Crippen LogP contribution in [-0.4, -0.2) is 24.9 Å². The molecule has 7 nitrogen and oxygen atoms in total. The highest BCUT2D eigenvalue weighted by Crippen LogP contribution is 2.37. The van der Waals surface area contributed by atoms with E-state index in [0.717, 1.165) is 5.56 Å². The molecule has 0 radical (unpaired) electrons. The van der Waals surface area contributed by atoms with Crippen LogP contribution in [0, 0.1) is 11.8 Å². The van der Waals surface area contributed by atoms with Crippen LogP contribution in [0.2, 0.25) is 0 Å². The van der Waals surface area contributed by atoms with Crippen LogP contribution in [0.15, 0.2) is 61.2 Å². The topological polar surface area (TPSA) is 102 Å². The van der Waals surface area contributed by atoms with Gasteiger partial charge in [-0.25, -0.2) is 19.3 Å². The summed E-state index contributed by atoms with van der Waals surface area (Å²) in [5, 5.41) is 3.11. The zero-order valence-corrected chi connectivity index (χ0v) is 15.9. The molecular weight excluding hydrogens is 388 g/mol. The monoisotopic (exact) mass is 405 g/mol. The number of hydrogen-bond donors (Lipinski definition) is 2. The van der Waals surface area contributed by atoms with E-state index in [1.165, 1.54) is 36.8 Å². The smallest absolute Gasteiger partial charge is 0.222 e. The molecule has 1 atom stereocenters. The molecule has 150 valence electrons. The fourth-order valence-electron chi connectivity index (χ4n) is 3.17. The average molecular weight is 405 g/mol. The summed E-state index contributed by atoms with van der Waals surface area (Å²) in [6, 6.07) is 9.03. The first-order chi connectivity index (χ1) is 14.5. The van der Waals surface area contributed by atoms with E-state index < -0.39 is 5.95 Å². The van der Waals surface area contributed by atoms with E-state index in [-0.39, 0.29) is 17.7 Å². The Morgan fingerprint density at radius 3 is 2.47 bits per heavy atom. The third kappa shape index (κ3) is 4.04. The highest BCUT2D eigenvalue weighted by molar-refractivity contribution is 5.73. The Balaban J connectivity index is 1.91. The molecule has 1 aromatic carbocycles. The quantitative estimate of drug-likeness (QED) is 0.482. The van der Waals surface area contributed by atoms with Crippen LogP contribution in [0.1, 0.15) is 24.0 Å². The van der Waals surface area contributed by atoms with Crippen molar-refractivity contribution in [3.05, 3.63) is 84.1 Å². The molecule has 0 amide bonds. The number of nitrogens with one attached hydrogen (secondary N) is 1. The molecule has 0 spiro atoms. The standard InChI is InChI=1S/C21H17F2N7/c1-12(13-2-4-15(22)5-3-13)18-19(14-6-7-26-16(23)10-14)29-21(24)30-20(18)28-17-11-25-8-9-27-17/h2-12H,1H3,(H3,24,27,28,29,30). The van der Waals surface area contributed by atoms with Crippen molar-refractivity contribution in [2.45, 2.75) is 12.8 Å². The number of aromatic nitrogens is 5. The minimum absolute atomic E-state index is 0.00340. The molecule has 4 aromatic rings. The van der Waals surface area contributed by atoms with Gasteiger partial charge in [0.2, 0.25) is 11.9 Å². The van der Waals surface area contributed by atoms with Crippen LogP contribution in [0.4, 0.5) is 26.4 Å². The molecule has 0 saturated carbocycles. The van der Waals surface area contributed by atoms with E-state index in [9.17, 15) is 8.78 Å². The molecule has 0 aliphatic heterocycles. The van der Waals surface area contributed by atoms with Crippen molar-refractivity contribution in [1.82, 2.24) is 24.9 Å². The number of nitrogens with zero attached hydrogens (tertiary/aromatic N) is 5. The summed E-state index contributed by atoms with van der Waals surface area (Å²) in [5.41, 5.74) is 8.35. The summed E-state index contributed by atoms with van der Waals surface area (Å²) in [6.45, 7) is 1.92. The number of anilines is 3. The van der Waals surface area contributed by atoms with Crippen molar-refractivity contribution in [1.29, 1.82) is 0 Å². The van der Waals surface area contributed by atoms with E-state index in [1.807, 2.05) is 6.92 Å². The van der Waals surface area contributed by atoms with Crippen LogP contribution in [0.3, 0.4) is 0 Å². The lowest BCUT2D eigenvalue weighted by molar-refractivity contribution is 0.584. The highest BCUT2D eigenvalue weighted by Gasteiger charge is 2.23. The first-order valence-electron chi connectivity index (χ1n) is 9.09. The molecule has 0 bridgehead atoms. The van der Waals surface area contributed by atoms with Gasteiger partial charge >= 0.3 is 0 Å². The summed E-state index contributed by atoms with van der Waals surface area (Å²) in [6.07, 6.45) is 5.98. The van der Waals surface area contributed by atoms with Gasteiger partial charge in [-0.15, -0.1) is 0 Å². The molecule has 30 heavy (non-hydrogen) atoms. The number of nitrogens with two attached hydrogens (primary N) is 1. The predicted molar refractivity (Wildman–Crippen MR) is 109 cm³/mol. The van der Waals surface area contributed by atoms with Gasteiger partial charge in [0.25, 0.3) is 0 Å². The average Bonchev–Trinajstić information content (AvgIpc) is 2.74. The Morgan fingerprint density at radius 1 is 0.967 bits per heavy atom. The fourth-order valence-corrected chi connectivity index (χ4v) is 3.17. The lowest BCUT2D eigenvalue weighted by Gasteiger charge is -2.21. The maximum Gasteiger partial charge on any atom is 0.222 e. The molecule has 0 aliphatic carbocycles. The Hall–Kier alpha value is -4.01. The van der Waals surface area contributed by atoms with Crippen molar-refractivity contribution in [3.8, 4) is 11.3 Å². The number of hydrogen-bond acceptors (Lipinski definition) is 7. The fraction of sp³-hybridized carbons (Fsp3) is 0.0952. The zero-order chi connectivity index (χ0) is 21.1. The second-order valence-corrected chi connectivity index (χ2v) is 6.55. The van der Waals surface area contributed by atoms with Gasteiger partial charge in [-0.3, -0.25) is 4.98 Å². The van der Waals surface area contributed by atoms with Gasteiger partial charge in [-0.2, -0.15) is 9.37 Å². The largest absolute Gasteiger partial charge is 0.368 e. The summed E-state index contributed by atoms with van der Waals surface area (Å²) in [5.74, 6) is -0.412. The summed E-state index contributed by atoms with van der Waals surface area (Å²) >= 11 is 0. The maximum absolute atomic E-state index is 13.8. The van der Waals surface area contributed by atoms with Crippen molar-refractivity contribution < 1.29 is 8.78 Å². The molecule has 4 rings (SSSR count). The van der Waals surface area contributed by atoms with Gasteiger partial charge in [0.15, 0.2) is 0 Å². The van der Waals surface area contributed by atoms with Crippen LogP contribution < -0.4 is 11.1 Å². The van der Waals surface area contributed by atoms with Crippen molar-refractivity contribution in [2.24, 2.45) is 0 Å². The number of halogens is 2. The Labute approximate surface area is 171 Å². The minimum atomic E-state index is -0.645. The normalized spacial score (nSPS) is 11.8. The first kappa shape index (κ1) is 19.3. The Kier molecular flexibility index (Phi) is 5.25. The third-order valence-corrected chi connectivity index (χ3v) is 4.58. The predicted octanol–water partition coefficient (Wildman–Crippen LogP) is 4.08. The molecule has 0 fully saturated rings. The van der Waals surface area contributed by atoms with Gasteiger partial charge in [-0.05, 0) is 23.8 Å². The third-order valence-electron chi connectivity index (χ3n) is 4.58. The van der Waals surface area contributed by atoms with E-state index in [4.69, 9.17) is 5.73 Å². The first-order valence-corrected chi connectivity index (χ1v) is 9.09. The van der Waals surface area contributed by atoms with Crippen molar-refractivity contribution >= 4 is 17.6 Å².